The van der Waals surface area contributed by atoms with Crippen LogP contribution in [-0.2, 0) is 0 Å². The summed E-state index contributed by atoms with van der Waals surface area (Å²) in [4.78, 5) is 12.3. The molecule has 1 aliphatic carbocycles. The minimum atomic E-state index is 0.192. The van der Waals surface area contributed by atoms with Gasteiger partial charge in [-0.2, -0.15) is 0 Å². The standard InChI is InChI=1S/C15H21NO/c1-10-3-4-13(9-11(10)2)15(17)12-5-7-14(16)8-6-12/h3-4,9,12,14H,5-8,16H2,1-2H3. The molecule has 2 N–H and O–H groups in total. The third-order valence-electron chi connectivity index (χ3n) is 3.93. The summed E-state index contributed by atoms with van der Waals surface area (Å²) < 4.78 is 0. The van der Waals surface area contributed by atoms with Crippen LogP contribution < -0.4 is 5.73 Å². The van der Waals surface area contributed by atoms with Gasteiger partial charge < -0.3 is 5.73 Å². The van der Waals surface area contributed by atoms with Crippen molar-refractivity contribution in [2.24, 2.45) is 11.7 Å². The average Bonchev–Trinajstić information content (AvgIpc) is 2.33. The van der Waals surface area contributed by atoms with Crippen molar-refractivity contribution in [2.45, 2.75) is 45.6 Å². The number of hydrogen-bond donors (Lipinski definition) is 1. The molecule has 0 saturated heterocycles. The van der Waals surface area contributed by atoms with Crippen molar-refractivity contribution in [1.82, 2.24) is 0 Å². The van der Waals surface area contributed by atoms with E-state index in [0.717, 1.165) is 31.2 Å². The summed E-state index contributed by atoms with van der Waals surface area (Å²) in [6.45, 7) is 4.13. The Labute approximate surface area is 103 Å². The zero-order valence-electron chi connectivity index (χ0n) is 10.7. The van der Waals surface area contributed by atoms with Gasteiger partial charge in [0.1, 0.15) is 0 Å². The molecule has 1 aromatic carbocycles. The van der Waals surface area contributed by atoms with Gasteiger partial charge >= 0.3 is 0 Å². The van der Waals surface area contributed by atoms with Gasteiger partial charge in [-0.25, -0.2) is 0 Å². The third-order valence-corrected chi connectivity index (χ3v) is 3.93. The fourth-order valence-electron chi connectivity index (χ4n) is 2.51. The first-order valence-electron chi connectivity index (χ1n) is 6.45. The lowest BCUT2D eigenvalue weighted by molar-refractivity contribution is 0.0884. The monoisotopic (exact) mass is 231 g/mol. The fourth-order valence-corrected chi connectivity index (χ4v) is 2.51. The van der Waals surface area contributed by atoms with Crippen LogP contribution in [0.3, 0.4) is 0 Å². The molecule has 1 aromatic rings. The summed E-state index contributed by atoms with van der Waals surface area (Å²) in [5.74, 6) is 0.497. The van der Waals surface area contributed by atoms with Crippen LogP contribution in [0.5, 0.6) is 0 Å². The minimum absolute atomic E-state index is 0.192. The molecule has 1 aliphatic rings. The van der Waals surface area contributed by atoms with Crippen LogP contribution in [-0.4, -0.2) is 11.8 Å². The Balaban J connectivity index is 2.11. The van der Waals surface area contributed by atoms with E-state index in [-0.39, 0.29) is 5.92 Å². The van der Waals surface area contributed by atoms with Crippen LogP contribution in [0.25, 0.3) is 0 Å². The van der Waals surface area contributed by atoms with E-state index in [0.29, 0.717) is 11.8 Å². The molecule has 0 aliphatic heterocycles. The molecule has 92 valence electrons. The van der Waals surface area contributed by atoms with Gasteiger partial charge in [0.05, 0.1) is 0 Å². The highest BCUT2D eigenvalue weighted by Gasteiger charge is 2.25. The molecule has 0 radical (unpaired) electrons. The number of ketones is 1. The molecular formula is C15H21NO. The molecule has 0 atom stereocenters. The summed E-state index contributed by atoms with van der Waals surface area (Å²) in [5, 5.41) is 0. The van der Waals surface area contributed by atoms with Gasteiger partial charge in [0.15, 0.2) is 5.78 Å². The van der Waals surface area contributed by atoms with Gasteiger partial charge in [-0.05, 0) is 56.7 Å². The molecule has 2 nitrogen and oxygen atoms in total. The zero-order valence-corrected chi connectivity index (χ0v) is 10.7. The normalized spacial score (nSPS) is 24.6. The molecule has 0 aromatic heterocycles. The Bertz CT molecular complexity index is 417. The Morgan fingerprint density at radius 2 is 1.76 bits per heavy atom. The van der Waals surface area contributed by atoms with Crippen LogP contribution >= 0.6 is 0 Å². The van der Waals surface area contributed by atoms with E-state index in [1.54, 1.807) is 0 Å². The van der Waals surface area contributed by atoms with Crippen molar-refractivity contribution in [3.05, 3.63) is 34.9 Å². The maximum absolute atomic E-state index is 12.3. The number of Topliss-reactive ketones (excluding diaryl/α,β-unsaturated/α-hetero) is 1. The summed E-state index contributed by atoms with van der Waals surface area (Å²) >= 11 is 0. The van der Waals surface area contributed by atoms with Crippen molar-refractivity contribution in [2.75, 3.05) is 0 Å². The van der Waals surface area contributed by atoms with Crippen molar-refractivity contribution >= 4 is 5.78 Å². The fraction of sp³-hybridized carbons (Fsp3) is 0.533. The Hall–Kier alpha value is -1.15. The van der Waals surface area contributed by atoms with Crippen molar-refractivity contribution in [3.8, 4) is 0 Å². The van der Waals surface area contributed by atoms with E-state index in [1.807, 2.05) is 18.2 Å². The van der Waals surface area contributed by atoms with E-state index < -0.39 is 0 Å². The second-order valence-electron chi connectivity index (χ2n) is 5.27. The number of carbonyl (C=O) groups excluding carboxylic acids is 1. The lowest BCUT2D eigenvalue weighted by Crippen LogP contribution is -2.29. The lowest BCUT2D eigenvalue weighted by Gasteiger charge is -2.25. The van der Waals surface area contributed by atoms with Gasteiger partial charge in [0.25, 0.3) is 0 Å². The molecular weight excluding hydrogens is 210 g/mol. The van der Waals surface area contributed by atoms with Gasteiger partial charge in [-0.15, -0.1) is 0 Å². The second-order valence-corrected chi connectivity index (χ2v) is 5.27. The van der Waals surface area contributed by atoms with Crippen LogP contribution in [0.4, 0.5) is 0 Å². The Morgan fingerprint density at radius 1 is 1.12 bits per heavy atom. The Kier molecular flexibility index (Phi) is 3.63. The predicted octanol–water partition coefficient (Wildman–Crippen LogP) is 3.00. The molecule has 1 fully saturated rings. The van der Waals surface area contributed by atoms with E-state index in [1.165, 1.54) is 11.1 Å². The maximum Gasteiger partial charge on any atom is 0.165 e. The van der Waals surface area contributed by atoms with Crippen molar-refractivity contribution in [1.29, 1.82) is 0 Å². The number of rotatable bonds is 2. The topological polar surface area (TPSA) is 43.1 Å². The van der Waals surface area contributed by atoms with Crippen LogP contribution in [0.15, 0.2) is 18.2 Å². The smallest absolute Gasteiger partial charge is 0.165 e. The van der Waals surface area contributed by atoms with Crippen molar-refractivity contribution in [3.63, 3.8) is 0 Å². The molecule has 2 rings (SSSR count). The largest absolute Gasteiger partial charge is 0.328 e. The van der Waals surface area contributed by atoms with Gasteiger partial charge in [0.2, 0.25) is 0 Å². The number of aryl methyl sites for hydroxylation is 2. The lowest BCUT2D eigenvalue weighted by atomic mass is 9.81. The zero-order chi connectivity index (χ0) is 12.4. The Morgan fingerprint density at radius 3 is 2.35 bits per heavy atom. The summed E-state index contributed by atoms with van der Waals surface area (Å²) in [5.41, 5.74) is 9.18. The highest BCUT2D eigenvalue weighted by atomic mass is 16.1. The minimum Gasteiger partial charge on any atom is -0.328 e. The molecule has 1 saturated carbocycles. The summed E-state index contributed by atoms with van der Waals surface area (Å²) in [6.07, 6.45) is 3.88. The van der Waals surface area contributed by atoms with Gasteiger partial charge in [-0.3, -0.25) is 4.79 Å². The molecule has 2 heteroatoms. The van der Waals surface area contributed by atoms with E-state index >= 15 is 0 Å². The van der Waals surface area contributed by atoms with E-state index in [4.69, 9.17) is 5.73 Å². The maximum atomic E-state index is 12.3. The second kappa shape index (κ2) is 5.01. The molecule has 0 amide bonds. The van der Waals surface area contributed by atoms with E-state index in [9.17, 15) is 4.79 Å². The van der Waals surface area contributed by atoms with Gasteiger partial charge in [0, 0.05) is 17.5 Å². The predicted molar refractivity (Wildman–Crippen MR) is 70.2 cm³/mol. The van der Waals surface area contributed by atoms with Crippen molar-refractivity contribution < 1.29 is 4.79 Å². The SMILES string of the molecule is Cc1ccc(C(=O)C2CCC(N)CC2)cc1C. The molecule has 0 bridgehead atoms. The number of hydrogen-bond acceptors (Lipinski definition) is 2. The summed E-state index contributed by atoms with van der Waals surface area (Å²) in [6, 6.07) is 6.32. The first-order valence-corrected chi connectivity index (χ1v) is 6.45. The molecule has 0 spiro atoms. The van der Waals surface area contributed by atoms with Crippen LogP contribution in [0.1, 0.15) is 47.2 Å². The third kappa shape index (κ3) is 2.75. The van der Waals surface area contributed by atoms with Crippen LogP contribution in [0, 0.1) is 19.8 Å². The number of nitrogens with two attached hydrogens (primary N) is 1. The highest BCUT2D eigenvalue weighted by molar-refractivity contribution is 5.98. The summed E-state index contributed by atoms with van der Waals surface area (Å²) in [7, 11) is 0. The number of carbonyl (C=O) groups is 1. The molecule has 17 heavy (non-hydrogen) atoms. The molecule has 0 unspecified atom stereocenters. The van der Waals surface area contributed by atoms with Gasteiger partial charge in [-0.1, -0.05) is 12.1 Å². The number of benzene rings is 1. The van der Waals surface area contributed by atoms with E-state index in [2.05, 4.69) is 13.8 Å². The average molecular weight is 231 g/mol. The quantitative estimate of drug-likeness (QED) is 0.795. The first-order chi connectivity index (χ1) is 8.08. The van der Waals surface area contributed by atoms with Crippen LogP contribution in [0.2, 0.25) is 0 Å². The highest BCUT2D eigenvalue weighted by Crippen LogP contribution is 2.27. The first kappa shape index (κ1) is 12.3. The molecule has 0 heterocycles.